The second-order valence-corrected chi connectivity index (χ2v) is 3.82. The molecular formula is C11H14F3N3O. The van der Waals surface area contributed by atoms with E-state index in [1.165, 1.54) is 12.1 Å². The van der Waals surface area contributed by atoms with Crippen LogP contribution in [0.15, 0.2) is 12.1 Å². The zero-order valence-corrected chi connectivity index (χ0v) is 9.84. The third-order valence-electron chi connectivity index (χ3n) is 2.12. The molecule has 0 fully saturated rings. The first-order valence-electron chi connectivity index (χ1n) is 5.43. The van der Waals surface area contributed by atoms with Crippen molar-refractivity contribution in [2.45, 2.75) is 25.9 Å². The summed E-state index contributed by atoms with van der Waals surface area (Å²) >= 11 is 0. The largest absolute Gasteiger partial charge is 0.405 e. The Balaban J connectivity index is 2.79. The maximum absolute atomic E-state index is 12.0. The maximum Gasteiger partial charge on any atom is 0.405 e. The molecule has 0 unspecified atom stereocenters. The van der Waals surface area contributed by atoms with E-state index >= 15 is 0 Å². The van der Waals surface area contributed by atoms with Crippen LogP contribution in [-0.2, 0) is 6.42 Å². The minimum Gasteiger partial charge on any atom is -0.384 e. The molecule has 0 aromatic carbocycles. The number of nitrogen functional groups attached to an aromatic ring is 1. The summed E-state index contributed by atoms with van der Waals surface area (Å²) in [4.78, 5) is 15.5. The zero-order valence-electron chi connectivity index (χ0n) is 9.84. The molecule has 0 bridgehead atoms. The van der Waals surface area contributed by atoms with Crippen molar-refractivity contribution < 1.29 is 18.0 Å². The van der Waals surface area contributed by atoms with Crippen molar-refractivity contribution in [3.05, 3.63) is 23.4 Å². The molecule has 1 rings (SSSR count). The van der Waals surface area contributed by atoms with Crippen molar-refractivity contribution in [2.24, 2.45) is 0 Å². The molecule has 100 valence electrons. The van der Waals surface area contributed by atoms with Gasteiger partial charge in [-0.3, -0.25) is 4.79 Å². The zero-order chi connectivity index (χ0) is 13.8. The lowest BCUT2D eigenvalue weighted by molar-refractivity contribution is -0.123. The molecule has 0 aliphatic rings. The van der Waals surface area contributed by atoms with E-state index in [2.05, 4.69) is 4.98 Å². The molecule has 18 heavy (non-hydrogen) atoms. The van der Waals surface area contributed by atoms with Crippen molar-refractivity contribution in [1.82, 2.24) is 10.3 Å². The normalized spacial score (nSPS) is 11.3. The van der Waals surface area contributed by atoms with Crippen LogP contribution in [0.2, 0.25) is 0 Å². The summed E-state index contributed by atoms with van der Waals surface area (Å²) in [5.41, 5.74) is 6.18. The quantitative estimate of drug-likeness (QED) is 0.869. The highest BCUT2D eigenvalue weighted by Crippen LogP contribution is 2.14. The van der Waals surface area contributed by atoms with Crippen LogP contribution in [0.25, 0.3) is 0 Å². The first-order chi connectivity index (χ1) is 8.31. The molecule has 1 amide bonds. The number of aryl methyl sites for hydroxylation is 1. The highest BCUT2D eigenvalue weighted by atomic mass is 19.4. The Kier molecular flexibility index (Phi) is 4.52. The fourth-order valence-electron chi connectivity index (χ4n) is 1.41. The number of hydrogen-bond acceptors (Lipinski definition) is 3. The molecule has 1 aromatic rings. The summed E-state index contributed by atoms with van der Waals surface area (Å²) in [6, 6.07) is 2.70. The number of alkyl halides is 3. The Morgan fingerprint density at radius 3 is 2.67 bits per heavy atom. The Bertz CT molecular complexity index is 432. The van der Waals surface area contributed by atoms with E-state index in [-0.39, 0.29) is 11.4 Å². The van der Waals surface area contributed by atoms with Gasteiger partial charge in [-0.15, -0.1) is 0 Å². The predicted molar refractivity (Wildman–Crippen MR) is 61.0 cm³/mol. The van der Waals surface area contributed by atoms with Crippen molar-refractivity contribution in [3.63, 3.8) is 0 Å². The van der Waals surface area contributed by atoms with E-state index in [0.29, 0.717) is 12.1 Å². The van der Waals surface area contributed by atoms with E-state index in [9.17, 15) is 18.0 Å². The second-order valence-electron chi connectivity index (χ2n) is 3.82. The number of anilines is 1. The molecule has 1 heterocycles. The van der Waals surface area contributed by atoms with Crippen LogP contribution in [0.4, 0.5) is 19.0 Å². The Morgan fingerprint density at radius 2 is 2.11 bits per heavy atom. The molecule has 4 nitrogen and oxygen atoms in total. The van der Waals surface area contributed by atoms with Gasteiger partial charge in [0.2, 0.25) is 0 Å². The van der Waals surface area contributed by atoms with Crippen LogP contribution in [-0.4, -0.2) is 23.6 Å². The standard InChI is InChI=1S/C11H14F3N3O/c1-2-3-8-4-7(5-9(15)17-8)10(18)16-6-11(12,13)14/h4-5H,2-3,6H2,1H3,(H2,15,17)(H,16,18). The average Bonchev–Trinajstić information content (AvgIpc) is 2.24. The predicted octanol–water partition coefficient (Wildman–Crippen LogP) is 1.91. The average molecular weight is 261 g/mol. The highest BCUT2D eigenvalue weighted by molar-refractivity contribution is 5.94. The summed E-state index contributed by atoms with van der Waals surface area (Å²) in [7, 11) is 0. The fraction of sp³-hybridized carbons (Fsp3) is 0.455. The molecule has 0 aliphatic heterocycles. The first kappa shape index (κ1) is 14.3. The molecule has 0 spiro atoms. The van der Waals surface area contributed by atoms with Gasteiger partial charge in [-0.25, -0.2) is 4.98 Å². The van der Waals surface area contributed by atoms with Gasteiger partial charge in [0.15, 0.2) is 0 Å². The van der Waals surface area contributed by atoms with Gasteiger partial charge in [0.05, 0.1) is 0 Å². The third-order valence-corrected chi connectivity index (χ3v) is 2.12. The maximum atomic E-state index is 12.0. The number of halogens is 3. The summed E-state index contributed by atoms with van der Waals surface area (Å²) in [6.07, 6.45) is -3.01. The van der Waals surface area contributed by atoms with Gasteiger partial charge in [-0.1, -0.05) is 13.3 Å². The number of carbonyl (C=O) groups excluding carboxylic acids is 1. The first-order valence-corrected chi connectivity index (χ1v) is 5.43. The monoisotopic (exact) mass is 261 g/mol. The van der Waals surface area contributed by atoms with Crippen LogP contribution in [0.5, 0.6) is 0 Å². The van der Waals surface area contributed by atoms with Crippen LogP contribution >= 0.6 is 0 Å². The molecular weight excluding hydrogens is 247 g/mol. The van der Waals surface area contributed by atoms with Crippen molar-refractivity contribution in [2.75, 3.05) is 12.3 Å². The Labute approximate surface area is 102 Å². The molecule has 0 saturated carbocycles. The molecule has 0 aliphatic carbocycles. The number of aromatic nitrogens is 1. The molecule has 0 atom stereocenters. The molecule has 0 radical (unpaired) electrons. The third kappa shape index (κ3) is 4.60. The number of nitrogens with two attached hydrogens (primary N) is 1. The number of carbonyl (C=O) groups is 1. The second kappa shape index (κ2) is 5.70. The number of nitrogens with zero attached hydrogens (tertiary/aromatic N) is 1. The van der Waals surface area contributed by atoms with Crippen LogP contribution in [0.1, 0.15) is 29.4 Å². The van der Waals surface area contributed by atoms with Crippen molar-refractivity contribution in [3.8, 4) is 0 Å². The number of nitrogens with one attached hydrogen (secondary N) is 1. The molecule has 1 aromatic heterocycles. The van der Waals surface area contributed by atoms with Crippen LogP contribution < -0.4 is 11.1 Å². The number of pyridine rings is 1. The topological polar surface area (TPSA) is 68.0 Å². The summed E-state index contributed by atoms with van der Waals surface area (Å²) in [6.45, 7) is 0.561. The minimum atomic E-state index is -4.43. The number of amides is 1. The van der Waals surface area contributed by atoms with Crippen molar-refractivity contribution >= 4 is 11.7 Å². The van der Waals surface area contributed by atoms with Gasteiger partial charge in [-0.05, 0) is 18.6 Å². The van der Waals surface area contributed by atoms with Gasteiger partial charge in [-0.2, -0.15) is 13.2 Å². The number of rotatable bonds is 4. The SMILES string of the molecule is CCCc1cc(C(=O)NCC(F)(F)F)cc(N)n1. The summed E-state index contributed by atoms with van der Waals surface area (Å²) in [5, 5.41) is 1.79. The highest BCUT2D eigenvalue weighted by Gasteiger charge is 2.28. The van der Waals surface area contributed by atoms with Gasteiger partial charge < -0.3 is 11.1 Å². The Hall–Kier alpha value is -1.79. The van der Waals surface area contributed by atoms with E-state index < -0.39 is 18.6 Å². The Morgan fingerprint density at radius 1 is 1.44 bits per heavy atom. The summed E-state index contributed by atoms with van der Waals surface area (Å²) < 4.78 is 35.9. The van der Waals surface area contributed by atoms with Gasteiger partial charge >= 0.3 is 6.18 Å². The number of hydrogen-bond donors (Lipinski definition) is 2. The van der Waals surface area contributed by atoms with Crippen LogP contribution in [0.3, 0.4) is 0 Å². The van der Waals surface area contributed by atoms with E-state index in [0.717, 1.165) is 6.42 Å². The lowest BCUT2D eigenvalue weighted by Gasteiger charge is -2.09. The smallest absolute Gasteiger partial charge is 0.384 e. The van der Waals surface area contributed by atoms with E-state index in [4.69, 9.17) is 5.73 Å². The molecule has 3 N–H and O–H groups in total. The minimum absolute atomic E-state index is 0.0928. The van der Waals surface area contributed by atoms with Crippen molar-refractivity contribution in [1.29, 1.82) is 0 Å². The molecule has 0 saturated heterocycles. The van der Waals surface area contributed by atoms with Gasteiger partial charge in [0.25, 0.3) is 5.91 Å². The fourth-order valence-corrected chi connectivity index (χ4v) is 1.41. The lowest BCUT2D eigenvalue weighted by Crippen LogP contribution is -2.33. The summed E-state index contributed by atoms with van der Waals surface area (Å²) in [5.74, 6) is -0.683. The van der Waals surface area contributed by atoms with E-state index in [1.54, 1.807) is 5.32 Å². The lowest BCUT2D eigenvalue weighted by atomic mass is 10.1. The van der Waals surface area contributed by atoms with Gasteiger partial charge in [0, 0.05) is 11.3 Å². The van der Waals surface area contributed by atoms with E-state index in [1.807, 2.05) is 6.92 Å². The van der Waals surface area contributed by atoms with Gasteiger partial charge in [0.1, 0.15) is 12.4 Å². The van der Waals surface area contributed by atoms with Crippen LogP contribution in [0, 0.1) is 0 Å². The molecule has 7 heteroatoms.